The number of methoxy groups -OCH3 is 1. The average molecular weight is 355 g/mol. The molecule has 1 aliphatic rings. The van der Waals surface area contributed by atoms with Crippen molar-refractivity contribution in [2.75, 3.05) is 25.6 Å². The van der Waals surface area contributed by atoms with Crippen LogP contribution in [0, 0.1) is 12.3 Å². The van der Waals surface area contributed by atoms with Crippen LogP contribution in [0.2, 0.25) is 0 Å². The number of benzene rings is 1. The molecule has 1 aliphatic carbocycles. The van der Waals surface area contributed by atoms with E-state index in [1.54, 1.807) is 7.11 Å². The van der Waals surface area contributed by atoms with Crippen LogP contribution >= 0.6 is 15.9 Å². The number of ether oxygens (including phenoxy) is 1. The Kier molecular flexibility index (Phi) is 5.00. The largest absolute Gasteiger partial charge is 0.383 e. The Morgan fingerprint density at radius 3 is 2.62 bits per heavy atom. The van der Waals surface area contributed by atoms with Crippen molar-refractivity contribution in [1.29, 1.82) is 0 Å². The molecule has 0 saturated heterocycles. The molecule has 0 atom stereocenters. The van der Waals surface area contributed by atoms with E-state index in [0.717, 1.165) is 10.0 Å². The summed E-state index contributed by atoms with van der Waals surface area (Å²) in [7, 11) is 1.57. The van der Waals surface area contributed by atoms with Crippen LogP contribution in [0.3, 0.4) is 0 Å². The van der Waals surface area contributed by atoms with Gasteiger partial charge in [0.25, 0.3) is 0 Å². The van der Waals surface area contributed by atoms with Gasteiger partial charge in [-0.05, 0) is 37.5 Å². The van der Waals surface area contributed by atoms with Gasteiger partial charge in [-0.3, -0.25) is 9.59 Å². The van der Waals surface area contributed by atoms with Gasteiger partial charge in [-0.1, -0.05) is 22.0 Å². The van der Waals surface area contributed by atoms with E-state index >= 15 is 0 Å². The molecule has 2 N–H and O–H groups in total. The molecule has 0 heterocycles. The predicted octanol–water partition coefficient (Wildman–Crippen LogP) is 2.24. The molecule has 0 radical (unpaired) electrons. The van der Waals surface area contributed by atoms with Crippen molar-refractivity contribution in [3.8, 4) is 0 Å². The van der Waals surface area contributed by atoms with Crippen molar-refractivity contribution in [3.05, 3.63) is 28.2 Å². The summed E-state index contributed by atoms with van der Waals surface area (Å²) in [6, 6.07) is 5.58. The summed E-state index contributed by atoms with van der Waals surface area (Å²) < 4.78 is 5.81. The summed E-state index contributed by atoms with van der Waals surface area (Å²) in [5.41, 5.74) is 0.866. The molecule has 1 fully saturated rings. The maximum absolute atomic E-state index is 12.3. The first-order valence-electron chi connectivity index (χ1n) is 6.84. The van der Waals surface area contributed by atoms with E-state index in [-0.39, 0.29) is 11.8 Å². The van der Waals surface area contributed by atoms with Crippen molar-refractivity contribution < 1.29 is 14.3 Å². The number of halogens is 1. The quantitative estimate of drug-likeness (QED) is 0.608. The van der Waals surface area contributed by atoms with Gasteiger partial charge in [0.1, 0.15) is 5.41 Å². The van der Waals surface area contributed by atoms with Gasteiger partial charge in [-0.2, -0.15) is 0 Å². The lowest BCUT2D eigenvalue weighted by molar-refractivity contribution is -0.134. The minimum Gasteiger partial charge on any atom is -0.383 e. The van der Waals surface area contributed by atoms with Gasteiger partial charge in [-0.25, -0.2) is 0 Å². The summed E-state index contributed by atoms with van der Waals surface area (Å²) >= 11 is 3.43. The van der Waals surface area contributed by atoms with Gasteiger partial charge in [0.15, 0.2) is 0 Å². The zero-order valence-corrected chi connectivity index (χ0v) is 13.7. The van der Waals surface area contributed by atoms with Gasteiger partial charge in [0.2, 0.25) is 11.8 Å². The molecule has 1 saturated carbocycles. The van der Waals surface area contributed by atoms with Crippen molar-refractivity contribution >= 4 is 33.4 Å². The van der Waals surface area contributed by atoms with Crippen LogP contribution in [-0.4, -0.2) is 32.1 Å². The second kappa shape index (κ2) is 6.58. The van der Waals surface area contributed by atoms with Gasteiger partial charge in [0.05, 0.1) is 6.61 Å². The van der Waals surface area contributed by atoms with E-state index in [2.05, 4.69) is 26.6 Å². The lowest BCUT2D eigenvalue weighted by Gasteiger charge is -2.15. The Hall–Kier alpha value is -1.40. The lowest BCUT2D eigenvalue weighted by atomic mass is 10.0. The van der Waals surface area contributed by atoms with Gasteiger partial charge in [0, 0.05) is 23.8 Å². The molecule has 21 heavy (non-hydrogen) atoms. The average Bonchev–Trinajstić information content (AvgIpc) is 3.25. The summed E-state index contributed by atoms with van der Waals surface area (Å²) in [5.74, 6) is -0.462. The maximum atomic E-state index is 12.3. The third-order valence-corrected chi connectivity index (χ3v) is 4.50. The van der Waals surface area contributed by atoms with E-state index in [4.69, 9.17) is 4.74 Å². The molecule has 0 unspecified atom stereocenters. The summed E-state index contributed by atoms with van der Waals surface area (Å²) in [6.07, 6.45) is 1.18. The third-order valence-electron chi connectivity index (χ3n) is 3.64. The van der Waals surface area contributed by atoms with Crippen molar-refractivity contribution in [1.82, 2.24) is 5.32 Å². The fraction of sp³-hybridized carbons (Fsp3) is 0.467. The normalized spacial score (nSPS) is 15.4. The molecule has 0 bridgehead atoms. The van der Waals surface area contributed by atoms with E-state index < -0.39 is 5.41 Å². The highest BCUT2D eigenvalue weighted by molar-refractivity contribution is 9.10. The second-order valence-corrected chi connectivity index (χ2v) is 6.10. The number of rotatable bonds is 6. The van der Waals surface area contributed by atoms with Crippen LogP contribution < -0.4 is 10.6 Å². The minimum absolute atomic E-state index is 0.219. The zero-order chi connectivity index (χ0) is 15.5. The van der Waals surface area contributed by atoms with E-state index in [1.165, 1.54) is 0 Å². The second-order valence-electron chi connectivity index (χ2n) is 5.25. The Morgan fingerprint density at radius 2 is 2.05 bits per heavy atom. The summed E-state index contributed by atoms with van der Waals surface area (Å²) in [5, 5.41) is 5.56. The molecule has 2 rings (SSSR count). The van der Waals surface area contributed by atoms with Crippen LogP contribution in [0.5, 0.6) is 0 Å². The topological polar surface area (TPSA) is 67.4 Å². The van der Waals surface area contributed by atoms with Gasteiger partial charge >= 0.3 is 0 Å². The minimum atomic E-state index is -0.912. The Labute approximate surface area is 132 Å². The lowest BCUT2D eigenvalue weighted by Crippen LogP contribution is -2.41. The van der Waals surface area contributed by atoms with E-state index in [0.29, 0.717) is 31.7 Å². The molecule has 0 spiro atoms. The molecular weight excluding hydrogens is 336 g/mol. The Balaban J connectivity index is 1.99. The van der Waals surface area contributed by atoms with Crippen molar-refractivity contribution in [2.45, 2.75) is 19.8 Å². The molecule has 2 amide bonds. The SMILES string of the molecule is COCCNC(=O)C1(C(=O)Nc2ccc(C)c(Br)c2)CC1. The number of carbonyl (C=O) groups is 2. The number of hydrogen-bond acceptors (Lipinski definition) is 3. The molecule has 0 aromatic heterocycles. The Morgan fingerprint density at radius 1 is 1.33 bits per heavy atom. The number of aryl methyl sites for hydroxylation is 1. The smallest absolute Gasteiger partial charge is 0.240 e. The fourth-order valence-corrected chi connectivity index (χ4v) is 2.42. The maximum Gasteiger partial charge on any atom is 0.240 e. The monoisotopic (exact) mass is 354 g/mol. The molecular formula is C15H19BrN2O3. The molecule has 114 valence electrons. The highest BCUT2D eigenvalue weighted by Gasteiger charge is 2.56. The van der Waals surface area contributed by atoms with Crippen LogP contribution in [0.25, 0.3) is 0 Å². The Bertz CT molecular complexity index is 556. The van der Waals surface area contributed by atoms with Crippen LogP contribution in [0.15, 0.2) is 22.7 Å². The molecule has 5 nitrogen and oxygen atoms in total. The first kappa shape index (κ1) is 16.0. The predicted molar refractivity (Wildman–Crippen MR) is 84.1 cm³/mol. The van der Waals surface area contributed by atoms with Crippen LogP contribution in [-0.2, 0) is 14.3 Å². The van der Waals surface area contributed by atoms with Crippen LogP contribution in [0.4, 0.5) is 5.69 Å². The standard InChI is InChI=1S/C15H19BrN2O3/c1-10-3-4-11(9-12(10)16)18-14(20)15(5-6-15)13(19)17-7-8-21-2/h3-4,9H,5-8H2,1-2H3,(H,17,19)(H,18,20). The summed E-state index contributed by atoms with van der Waals surface area (Å²) in [4.78, 5) is 24.5. The number of amides is 2. The third kappa shape index (κ3) is 3.63. The van der Waals surface area contributed by atoms with Gasteiger partial charge in [-0.15, -0.1) is 0 Å². The molecule has 6 heteroatoms. The first-order valence-corrected chi connectivity index (χ1v) is 7.64. The number of anilines is 1. The molecule has 1 aromatic rings. The number of hydrogen-bond donors (Lipinski definition) is 2. The molecule has 1 aromatic carbocycles. The van der Waals surface area contributed by atoms with Crippen molar-refractivity contribution in [2.24, 2.45) is 5.41 Å². The van der Waals surface area contributed by atoms with Crippen molar-refractivity contribution in [3.63, 3.8) is 0 Å². The fourth-order valence-electron chi connectivity index (χ4n) is 2.04. The highest BCUT2D eigenvalue weighted by Crippen LogP contribution is 2.46. The van der Waals surface area contributed by atoms with E-state index in [9.17, 15) is 9.59 Å². The number of carbonyl (C=O) groups excluding carboxylic acids is 2. The summed E-state index contributed by atoms with van der Waals surface area (Å²) in [6.45, 7) is 2.83. The number of nitrogens with one attached hydrogen (secondary N) is 2. The first-order chi connectivity index (χ1) is 9.99. The highest BCUT2D eigenvalue weighted by atomic mass is 79.9. The van der Waals surface area contributed by atoms with E-state index in [1.807, 2.05) is 25.1 Å². The zero-order valence-electron chi connectivity index (χ0n) is 12.2. The van der Waals surface area contributed by atoms with Crippen LogP contribution in [0.1, 0.15) is 18.4 Å². The molecule has 0 aliphatic heterocycles. The van der Waals surface area contributed by atoms with Gasteiger partial charge < -0.3 is 15.4 Å².